The van der Waals surface area contributed by atoms with Gasteiger partial charge in [0.1, 0.15) is 6.54 Å². The predicted octanol–water partition coefficient (Wildman–Crippen LogP) is 3.35. The SMILES string of the molecule is CC(C)CCCCCCNC(=O)N(CC(=O)O)CC(C)C. The molecule has 2 N–H and O–H groups in total. The second-order valence-electron chi connectivity index (χ2n) is 6.50. The highest BCUT2D eigenvalue weighted by atomic mass is 16.4. The van der Waals surface area contributed by atoms with Gasteiger partial charge in [0.15, 0.2) is 0 Å². The molecule has 2 amide bonds. The topological polar surface area (TPSA) is 69.6 Å². The minimum Gasteiger partial charge on any atom is -0.480 e. The standard InChI is InChI=1S/C16H32N2O3/c1-13(2)9-7-5-6-8-10-17-16(21)18(11-14(3)4)12-15(19)20/h13-14H,5-12H2,1-4H3,(H,17,21)(H,19,20). The summed E-state index contributed by atoms with van der Waals surface area (Å²) in [7, 11) is 0. The molecule has 0 aliphatic rings. The van der Waals surface area contributed by atoms with Gasteiger partial charge < -0.3 is 15.3 Å². The molecule has 0 aromatic rings. The van der Waals surface area contributed by atoms with E-state index in [1.165, 1.54) is 24.2 Å². The average Bonchev–Trinajstić information content (AvgIpc) is 2.35. The number of amides is 2. The van der Waals surface area contributed by atoms with E-state index in [4.69, 9.17) is 5.11 Å². The van der Waals surface area contributed by atoms with E-state index >= 15 is 0 Å². The van der Waals surface area contributed by atoms with Crippen LogP contribution in [0.25, 0.3) is 0 Å². The summed E-state index contributed by atoms with van der Waals surface area (Å²) >= 11 is 0. The van der Waals surface area contributed by atoms with Gasteiger partial charge in [-0.05, 0) is 18.3 Å². The Kier molecular flexibility index (Phi) is 10.7. The first-order valence-corrected chi connectivity index (χ1v) is 8.07. The van der Waals surface area contributed by atoms with Crippen molar-refractivity contribution in [1.29, 1.82) is 0 Å². The van der Waals surface area contributed by atoms with Gasteiger partial charge in [0.25, 0.3) is 0 Å². The number of hydrogen-bond acceptors (Lipinski definition) is 2. The molecule has 0 atom stereocenters. The van der Waals surface area contributed by atoms with Gasteiger partial charge in [-0.2, -0.15) is 0 Å². The third-order valence-electron chi connectivity index (χ3n) is 3.18. The van der Waals surface area contributed by atoms with E-state index in [2.05, 4.69) is 19.2 Å². The van der Waals surface area contributed by atoms with Crippen LogP contribution in [0.15, 0.2) is 0 Å². The Bertz CT molecular complexity index is 304. The van der Waals surface area contributed by atoms with Gasteiger partial charge in [0.2, 0.25) is 0 Å². The molecule has 0 radical (unpaired) electrons. The molecule has 5 heteroatoms. The lowest BCUT2D eigenvalue weighted by Gasteiger charge is -2.23. The molecule has 0 aromatic heterocycles. The van der Waals surface area contributed by atoms with Crippen LogP contribution in [0.1, 0.15) is 59.8 Å². The summed E-state index contributed by atoms with van der Waals surface area (Å²) in [6, 6.07) is -0.270. The predicted molar refractivity (Wildman–Crippen MR) is 85.4 cm³/mol. The third kappa shape index (κ3) is 12.2. The highest BCUT2D eigenvalue weighted by Gasteiger charge is 2.17. The van der Waals surface area contributed by atoms with E-state index in [0.29, 0.717) is 13.1 Å². The number of carboxylic acid groups (broad SMARTS) is 1. The summed E-state index contributed by atoms with van der Waals surface area (Å²) in [6.07, 6.45) is 5.75. The number of unbranched alkanes of at least 4 members (excludes halogenated alkanes) is 3. The Labute approximate surface area is 129 Å². The fourth-order valence-electron chi connectivity index (χ4n) is 2.16. The zero-order valence-corrected chi connectivity index (χ0v) is 14.0. The van der Waals surface area contributed by atoms with E-state index in [0.717, 1.165) is 18.8 Å². The third-order valence-corrected chi connectivity index (χ3v) is 3.18. The number of rotatable bonds is 11. The average molecular weight is 300 g/mol. The smallest absolute Gasteiger partial charge is 0.323 e. The molecule has 0 aromatic carbocycles. The van der Waals surface area contributed by atoms with Crippen LogP contribution in [0, 0.1) is 11.8 Å². The second-order valence-corrected chi connectivity index (χ2v) is 6.50. The minimum absolute atomic E-state index is 0.238. The van der Waals surface area contributed by atoms with E-state index in [9.17, 15) is 9.59 Å². The van der Waals surface area contributed by atoms with Crippen molar-refractivity contribution in [3.63, 3.8) is 0 Å². The van der Waals surface area contributed by atoms with Crippen molar-refractivity contribution in [3.8, 4) is 0 Å². The maximum atomic E-state index is 11.9. The van der Waals surface area contributed by atoms with Crippen LogP contribution in [0.3, 0.4) is 0 Å². The van der Waals surface area contributed by atoms with Crippen LogP contribution in [0.2, 0.25) is 0 Å². The zero-order chi connectivity index (χ0) is 16.3. The van der Waals surface area contributed by atoms with Crippen LogP contribution >= 0.6 is 0 Å². The van der Waals surface area contributed by atoms with Gasteiger partial charge in [-0.25, -0.2) is 4.79 Å². The molecule has 0 aliphatic carbocycles. The number of nitrogens with one attached hydrogen (secondary N) is 1. The first-order chi connectivity index (χ1) is 9.82. The number of carbonyl (C=O) groups is 2. The minimum atomic E-state index is -0.973. The fraction of sp³-hybridized carbons (Fsp3) is 0.875. The summed E-state index contributed by atoms with van der Waals surface area (Å²) in [4.78, 5) is 24.1. The lowest BCUT2D eigenvalue weighted by molar-refractivity contribution is -0.137. The molecule has 124 valence electrons. The summed E-state index contributed by atoms with van der Waals surface area (Å²) in [5.41, 5.74) is 0. The molecule has 0 fully saturated rings. The van der Waals surface area contributed by atoms with Crippen molar-refractivity contribution in [2.45, 2.75) is 59.8 Å². The van der Waals surface area contributed by atoms with Crippen molar-refractivity contribution >= 4 is 12.0 Å². The quantitative estimate of drug-likeness (QED) is 0.575. The second kappa shape index (κ2) is 11.4. The molecule has 5 nitrogen and oxygen atoms in total. The highest BCUT2D eigenvalue weighted by Crippen LogP contribution is 2.09. The van der Waals surface area contributed by atoms with Crippen LogP contribution in [0.4, 0.5) is 4.79 Å². The van der Waals surface area contributed by atoms with Gasteiger partial charge in [-0.15, -0.1) is 0 Å². The van der Waals surface area contributed by atoms with Gasteiger partial charge in [-0.1, -0.05) is 53.4 Å². The Morgan fingerprint density at radius 3 is 2.14 bits per heavy atom. The lowest BCUT2D eigenvalue weighted by Crippen LogP contribution is -2.44. The maximum Gasteiger partial charge on any atom is 0.323 e. The summed E-state index contributed by atoms with van der Waals surface area (Å²) in [5, 5.41) is 11.7. The number of carbonyl (C=O) groups excluding carboxylic acids is 1. The molecule has 0 saturated heterocycles. The summed E-state index contributed by atoms with van der Waals surface area (Å²) in [6.45, 7) is 9.24. The normalized spacial score (nSPS) is 11.0. The van der Waals surface area contributed by atoms with Crippen LogP contribution in [-0.4, -0.2) is 41.6 Å². The molecule has 0 bridgehead atoms. The first kappa shape index (κ1) is 19.7. The van der Waals surface area contributed by atoms with E-state index in [-0.39, 0.29) is 18.5 Å². The molecule has 21 heavy (non-hydrogen) atoms. The molecular formula is C16H32N2O3. The summed E-state index contributed by atoms with van der Waals surface area (Å²) in [5.74, 6) is 0.0379. The molecule has 0 spiro atoms. The Morgan fingerprint density at radius 2 is 1.62 bits per heavy atom. The van der Waals surface area contributed by atoms with Gasteiger partial charge in [0, 0.05) is 13.1 Å². The van der Waals surface area contributed by atoms with Crippen molar-refractivity contribution in [1.82, 2.24) is 10.2 Å². The van der Waals surface area contributed by atoms with Crippen molar-refractivity contribution in [3.05, 3.63) is 0 Å². The monoisotopic (exact) mass is 300 g/mol. The summed E-state index contributed by atoms with van der Waals surface area (Å²) < 4.78 is 0. The Balaban J connectivity index is 3.84. The largest absolute Gasteiger partial charge is 0.480 e. The van der Waals surface area contributed by atoms with Gasteiger partial charge in [-0.3, -0.25) is 4.79 Å². The van der Waals surface area contributed by atoms with Gasteiger partial charge >= 0.3 is 12.0 Å². The first-order valence-electron chi connectivity index (χ1n) is 8.07. The van der Waals surface area contributed by atoms with Gasteiger partial charge in [0.05, 0.1) is 0 Å². The van der Waals surface area contributed by atoms with Crippen molar-refractivity contribution < 1.29 is 14.7 Å². The molecular weight excluding hydrogens is 268 g/mol. The molecule has 0 unspecified atom stereocenters. The number of hydrogen-bond donors (Lipinski definition) is 2. The van der Waals surface area contributed by atoms with Crippen molar-refractivity contribution in [2.24, 2.45) is 11.8 Å². The van der Waals surface area contributed by atoms with Crippen LogP contribution < -0.4 is 5.32 Å². The van der Waals surface area contributed by atoms with E-state index < -0.39 is 5.97 Å². The van der Waals surface area contributed by atoms with Crippen LogP contribution in [0.5, 0.6) is 0 Å². The zero-order valence-electron chi connectivity index (χ0n) is 14.0. The number of urea groups is 1. The Hall–Kier alpha value is -1.26. The van der Waals surface area contributed by atoms with Crippen molar-refractivity contribution in [2.75, 3.05) is 19.6 Å². The fourth-order valence-corrected chi connectivity index (χ4v) is 2.16. The lowest BCUT2D eigenvalue weighted by atomic mass is 10.0. The Morgan fingerprint density at radius 1 is 1.00 bits per heavy atom. The molecule has 0 heterocycles. The number of nitrogens with zero attached hydrogens (tertiary/aromatic N) is 1. The molecule has 0 saturated carbocycles. The highest BCUT2D eigenvalue weighted by molar-refractivity contribution is 5.80. The molecule has 0 aliphatic heterocycles. The van der Waals surface area contributed by atoms with Crippen LogP contribution in [-0.2, 0) is 4.79 Å². The van der Waals surface area contributed by atoms with E-state index in [1.54, 1.807) is 0 Å². The molecule has 0 rings (SSSR count). The number of aliphatic carboxylic acids is 1. The van der Waals surface area contributed by atoms with E-state index in [1.807, 2.05) is 13.8 Å². The number of carboxylic acids is 1. The maximum absolute atomic E-state index is 11.9.